The molecule has 0 heterocycles. The molecule has 0 radical (unpaired) electrons. The number of anilines is 1. The number of benzene rings is 2. The van der Waals surface area contributed by atoms with Crippen LogP contribution < -0.4 is 9.46 Å². The maximum absolute atomic E-state index is 12.4. The quantitative estimate of drug-likeness (QED) is 0.758. The lowest BCUT2D eigenvalue weighted by Crippen LogP contribution is -2.13. The summed E-state index contributed by atoms with van der Waals surface area (Å²) in [6, 6.07) is 11.8. The number of nitrogens with one attached hydrogen (secondary N) is 1. The highest BCUT2D eigenvalue weighted by molar-refractivity contribution is 9.11. The lowest BCUT2D eigenvalue weighted by atomic mass is 10.3. The van der Waals surface area contributed by atoms with Gasteiger partial charge in [0.15, 0.2) is 0 Å². The molecule has 1 N–H and O–H groups in total. The minimum absolute atomic E-state index is 0.165. The van der Waals surface area contributed by atoms with Crippen molar-refractivity contribution in [3.63, 3.8) is 0 Å². The topological polar surface area (TPSA) is 55.4 Å². The van der Waals surface area contributed by atoms with Gasteiger partial charge in [0.05, 0.1) is 12.3 Å². The minimum Gasteiger partial charge on any atom is -0.494 e. The molecule has 0 amide bonds. The van der Waals surface area contributed by atoms with Gasteiger partial charge >= 0.3 is 0 Å². The third-order valence-electron chi connectivity index (χ3n) is 2.58. The minimum atomic E-state index is -3.68. The molecule has 0 saturated carbocycles. The smallest absolute Gasteiger partial charge is 0.263 e. The molecule has 0 aliphatic heterocycles. The van der Waals surface area contributed by atoms with Crippen LogP contribution in [0.1, 0.15) is 6.92 Å². The van der Waals surface area contributed by atoms with Crippen LogP contribution in [0.5, 0.6) is 5.75 Å². The van der Waals surface area contributed by atoms with Crippen LogP contribution in [0.15, 0.2) is 56.3 Å². The summed E-state index contributed by atoms with van der Waals surface area (Å²) < 4.78 is 34.0. The molecule has 112 valence electrons. The molecule has 0 unspecified atom stereocenters. The number of halogens is 2. The van der Waals surface area contributed by atoms with Crippen molar-refractivity contribution in [3.05, 3.63) is 51.4 Å². The first-order valence-corrected chi connectivity index (χ1v) is 9.20. The van der Waals surface area contributed by atoms with Gasteiger partial charge in [-0.25, -0.2) is 8.42 Å². The van der Waals surface area contributed by atoms with Crippen LogP contribution >= 0.6 is 31.9 Å². The van der Waals surface area contributed by atoms with Gasteiger partial charge in [-0.3, -0.25) is 4.72 Å². The Labute approximate surface area is 140 Å². The SMILES string of the molecule is CCOc1cccc(NS(=O)(=O)c2cc(Br)ccc2Br)c1. The molecule has 0 fully saturated rings. The normalized spacial score (nSPS) is 11.2. The van der Waals surface area contributed by atoms with Crippen molar-refractivity contribution >= 4 is 47.6 Å². The molecule has 0 spiro atoms. The van der Waals surface area contributed by atoms with E-state index in [1.807, 2.05) is 6.92 Å². The fourth-order valence-electron chi connectivity index (χ4n) is 1.71. The van der Waals surface area contributed by atoms with Gasteiger partial charge in [-0.15, -0.1) is 0 Å². The van der Waals surface area contributed by atoms with Crippen molar-refractivity contribution < 1.29 is 13.2 Å². The predicted molar refractivity (Wildman–Crippen MR) is 90.3 cm³/mol. The molecule has 0 atom stereocenters. The van der Waals surface area contributed by atoms with Gasteiger partial charge in [0.2, 0.25) is 0 Å². The van der Waals surface area contributed by atoms with Crippen molar-refractivity contribution in [2.45, 2.75) is 11.8 Å². The third kappa shape index (κ3) is 4.21. The average molecular weight is 435 g/mol. The summed E-state index contributed by atoms with van der Waals surface area (Å²) in [5.41, 5.74) is 0.452. The molecule has 0 aliphatic rings. The lowest BCUT2D eigenvalue weighted by molar-refractivity contribution is 0.340. The van der Waals surface area contributed by atoms with Gasteiger partial charge in [0.1, 0.15) is 10.6 Å². The zero-order chi connectivity index (χ0) is 15.5. The van der Waals surface area contributed by atoms with Crippen LogP contribution in [0.3, 0.4) is 0 Å². The number of hydrogen-bond acceptors (Lipinski definition) is 3. The highest BCUT2D eigenvalue weighted by atomic mass is 79.9. The molecule has 2 rings (SSSR count). The van der Waals surface area contributed by atoms with Crippen LogP contribution in [0.4, 0.5) is 5.69 Å². The second kappa shape index (κ2) is 6.81. The van der Waals surface area contributed by atoms with Crippen LogP contribution in [0.25, 0.3) is 0 Å². The average Bonchev–Trinajstić information content (AvgIpc) is 2.42. The zero-order valence-electron chi connectivity index (χ0n) is 11.1. The number of ether oxygens (including phenoxy) is 1. The monoisotopic (exact) mass is 433 g/mol. The Kier molecular flexibility index (Phi) is 5.29. The van der Waals surface area contributed by atoms with Crippen molar-refractivity contribution in [2.75, 3.05) is 11.3 Å². The van der Waals surface area contributed by atoms with Crippen LogP contribution in [0.2, 0.25) is 0 Å². The Balaban J connectivity index is 2.33. The summed E-state index contributed by atoms with van der Waals surface area (Å²) in [6.07, 6.45) is 0. The fourth-order valence-corrected chi connectivity index (χ4v) is 4.26. The number of rotatable bonds is 5. The second-order valence-electron chi connectivity index (χ2n) is 4.14. The first-order valence-electron chi connectivity index (χ1n) is 6.13. The van der Waals surface area contributed by atoms with E-state index in [4.69, 9.17) is 4.74 Å². The van der Waals surface area contributed by atoms with Gasteiger partial charge in [0.25, 0.3) is 10.0 Å². The standard InChI is InChI=1S/C14H13Br2NO3S/c1-2-20-12-5-3-4-11(9-12)17-21(18,19)14-8-10(15)6-7-13(14)16/h3-9,17H,2H2,1H3. The van der Waals surface area contributed by atoms with E-state index in [1.165, 1.54) is 0 Å². The highest BCUT2D eigenvalue weighted by Gasteiger charge is 2.18. The van der Waals surface area contributed by atoms with Gasteiger partial charge in [-0.2, -0.15) is 0 Å². The Morgan fingerprint density at radius 3 is 2.62 bits per heavy atom. The molecule has 21 heavy (non-hydrogen) atoms. The summed E-state index contributed by atoms with van der Waals surface area (Å²) in [5, 5.41) is 0. The third-order valence-corrected chi connectivity index (χ3v) is 5.45. The van der Waals surface area contributed by atoms with E-state index in [0.29, 0.717) is 27.0 Å². The molecule has 2 aromatic rings. The van der Waals surface area contributed by atoms with E-state index in [9.17, 15) is 8.42 Å². The maximum atomic E-state index is 12.4. The van der Waals surface area contributed by atoms with E-state index in [1.54, 1.807) is 42.5 Å². The number of sulfonamides is 1. The highest BCUT2D eigenvalue weighted by Crippen LogP contribution is 2.28. The van der Waals surface area contributed by atoms with E-state index in [2.05, 4.69) is 36.6 Å². The summed E-state index contributed by atoms with van der Waals surface area (Å²) in [5.74, 6) is 0.617. The molecule has 0 bridgehead atoms. The van der Waals surface area contributed by atoms with Crippen molar-refractivity contribution in [2.24, 2.45) is 0 Å². The van der Waals surface area contributed by atoms with Crippen molar-refractivity contribution in [3.8, 4) is 5.75 Å². The molecule has 0 saturated heterocycles. The van der Waals surface area contributed by atoms with Crippen LogP contribution in [0, 0.1) is 0 Å². The molecular weight excluding hydrogens is 422 g/mol. The van der Waals surface area contributed by atoms with Gasteiger partial charge in [-0.05, 0) is 53.2 Å². The summed E-state index contributed by atoms with van der Waals surface area (Å²) in [6.45, 7) is 2.39. The van der Waals surface area contributed by atoms with Crippen LogP contribution in [-0.4, -0.2) is 15.0 Å². The zero-order valence-corrected chi connectivity index (χ0v) is 15.1. The number of hydrogen-bond donors (Lipinski definition) is 1. The second-order valence-corrected chi connectivity index (χ2v) is 7.56. The van der Waals surface area contributed by atoms with Gasteiger partial charge in [-0.1, -0.05) is 22.0 Å². The molecule has 7 heteroatoms. The molecule has 0 aromatic heterocycles. The van der Waals surface area contributed by atoms with E-state index in [-0.39, 0.29) is 4.90 Å². The Morgan fingerprint density at radius 2 is 1.90 bits per heavy atom. The first kappa shape index (κ1) is 16.3. The largest absolute Gasteiger partial charge is 0.494 e. The van der Waals surface area contributed by atoms with Crippen LogP contribution in [-0.2, 0) is 10.0 Å². The molecule has 4 nitrogen and oxygen atoms in total. The molecular formula is C14H13Br2NO3S. The van der Waals surface area contributed by atoms with Crippen molar-refractivity contribution in [1.82, 2.24) is 0 Å². The predicted octanol–water partition coefficient (Wildman–Crippen LogP) is 4.41. The molecule has 0 aliphatic carbocycles. The molecule has 2 aromatic carbocycles. The Bertz CT molecular complexity index is 748. The summed E-state index contributed by atoms with van der Waals surface area (Å²) in [4.78, 5) is 0.165. The van der Waals surface area contributed by atoms with Gasteiger partial charge in [0, 0.05) is 15.0 Å². The maximum Gasteiger partial charge on any atom is 0.263 e. The summed E-state index contributed by atoms with van der Waals surface area (Å²) >= 11 is 6.53. The Morgan fingerprint density at radius 1 is 1.14 bits per heavy atom. The van der Waals surface area contributed by atoms with Gasteiger partial charge < -0.3 is 4.74 Å². The lowest BCUT2D eigenvalue weighted by Gasteiger charge is -2.11. The Hall–Kier alpha value is -1.05. The van der Waals surface area contributed by atoms with E-state index >= 15 is 0 Å². The van der Waals surface area contributed by atoms with E-state index in [0.717, 1.165) is 0 Å². The van der Waals surface area contributed by atoms with Crippen molar-refractivity contribution in [1.29, 1.82) is 0 Å². The van der Waals surface area contributed by atoms with E-state index < -0.39 is 10.0 Å². The summed E-state index contributed by atoms with van der Waals surface area (Å²) in [7, 11) is -3.68. The first-order chi connectivity index (χ1) is 9.92. The fraction of sp³-hybridized carbons (Fsp3) is 0.143.